The highest BCUT2D eigenvalue weighted by molar-refractivity contribution is 5.69. The molecule has 0 amide bonds. The summed E-state index contributed by atoms with van der Waals surface area (Å²) in [5.41, 5.74) is 3.99. The number of carboxylic acid groups (broad SMARTS) is 1. The van der Waals surface area contributed by atoms with Crippen LogP contribution in [0.15, 0.2) is 18.2 Å². The maximum absolute atomic E-state index is 13.8. The molecule has 0 aliphatic heterocycles. The Labute approximate surface area is 105 Å². The lowest BCUT2D eigenvalue weighted by atomic mass is 9.66. The Balaban J connectivity index is 3.39. The third kappa shape index (κ3) is 2.67. The van der Waals surface area contributed by atoms with Gasteiger partial charge in [-0.1, -0.05) is 13.0 Å². The van der Waals surface area contributed by atoms with E-state index in [9.17, 15) is 13.6 Å². The lowest BCUT2D eigenvalue weighted by molar-refractivity contribution is -0.139. The highest BCUT2D eigenvalue weighted by atomic mass is 19.1. The zero-order valence-electron chi connectivity index (χ0n) is 10.6. The molecule has 18 heavy (non-hydrogen) atoms. The van der Waals surface area contributed by atoms with Crippen LogP contribution in [0.25, 0.3) is 0 Å². The Morgan fingerprint density at radius 1 is 1.33 bits per heavy atom. The first kappa shape index (κ1) is 14.6. The average Bonchev–Trinajstić information content (AvgIpc) is 2.13. The highest BCUT2D eigenvalue weighted by Gasteiger charge is 2.43. The van der Waals surface area contributed by atoms with Crippen LogP contribution in [0.4, 0.5) is 8.78 Å². The van der Waals surface area contributed by atoms with E-state index in [4.69, 9.17) is 10.8 Å². The molecule has 0 aliphatic rings. The molecule has 0 heterocycles. The van der Waals surface area contributed by atoms with E-state index in [0.717, 1.165) is 12.1 Å². The van der Waals surface area contributed by atoms with Gasteiger partial charge >= 0.3 is 5.97 Å². The molecule has 1 aromatic rings. The fourth-order valence-corrected chi connectivity index (χ4v) is 1.91. The van der Waals surface area contributed by atoms with Gasteiger partial charge in [-0.25, -0.2) is 8.78 Å². The van der Waals surface area contributed by atoms with Crippen LogP contribution in [0.3, 0.4) is 0 Å². The van der Waals surface area contributed by atoms with Crippen molar-refractivity contribution in [2.24, 2.45) is 5.73 Å². The third-order valence-electron chi connectivity index (χ3n) is 3.45. The van der Waals surface area contributed by atoms with E-state index < -0.39 is 28.6 Å². The molecule has 1 atom stereocenters. The molecule has 0 saturated heterocycles. The summed E-state index contributed by atoms with van der Waals surface area (Å²) in [6.45, 7) is 4.81. The number of halogens is 2. The largest absolute Gasteiger partial charge is 0.481 e. The molecule has 100 valence electrons. The van der Waals surface area contributed by atoms with Gasteiger partial charge < -0.3 is 10.8 Å². The number of nitrogens with two attached hydrogens (primary N) is 1. The minimum absolute atomic E-state index is 0.110. The molecular formula is C13H17F2NO2. The summed E-state index contributed by atoms with van der Waals surface area (Å²) in [4.78, 5) is 11.0. The van der Waals surface area contributed by atoms with Crippen LogP contribution in [0.5, 0.6) is 0 Å². The molecule has 5 heteroatoms. The second-order valence-corrected chi connectivity index (χ2v) is 5.25. The van der Waals surface area contributed by atoms with Crippen LogP contribution >= 0.6 is 0 Å². The molecule has 3 nitrogen and oxygen atoms in total. The van der Waals surface area contributed by atoms with Crippen molar-refractivity contribution in [3.63, 3.8) is 0 Å². The van der Waals surface area contributed by atoms with Gasteiger partial charge in [-0.3, -0.25) is 4.79 Å². The van der Waals surface area contributed by atoms with Gasteiger partial charge in [-0.2, -0.15) is 0 Å². The van der Waals surface area contributed by atoms with Crippen molar-refractivity contribution in [2.45, 2.75) is 38.1 Å². The summed E-state index contributed by atoms with van der Waals surface area (Å²) in [6.07, 6.45) is -0.334. The zero-order chi connectivity index (χ0) is 14.1. The smallest absolute Gasteiger partial charge is 0.304 e. The third-order valence-corrected chi connectivity index (χ3v) is 3.45. The van der Waals surface area contributed by atoms with E-state index in [1.165, 1.54) is 6.07 Å². The molecule has 0 bridgehead atoms. The Hall–Kier alpha value is -1.49. The van der Waals surface area contributed by atoms with Crippen molar-refractivity contribution < 1.29 is 18.7 Å². The van der Waals surface area contributed by atoms with E-state index in [1.807, 2.05) is 0 Å². The predicted molar refractivity (Wildman–Crippen MR) is 64.2 cm³/mol. The number of rotatable bonds is 4. The van der Waals surface area contributed by atoms with E-state index in [0.29, 0.717) is 0 Å². The second-order valence-electron chi connectivity index (χ2n) is 5.25. The minimum atomic E-state index is -1.13. The number of benzene rings is 1. The second kappa shape index (κ2) is 4.65. The number of aliphatic carboxylic acids is 1. The van der Waals surface area contributed by atoms with Gasteiger partial charge in [0.05, 0.1) is 6.42 Å². The number of hydrogen-bond acceptors (Lipinski definition) is 2. The van der Waals surface area contributed by atoms with Crippen LogP contribution in [0.2, 0.25) is 0 Å². The topological polar surface area (TPSA) is 63.3 Å². The van der Waals surface area contributed by atoms with Crippen molar-refractivity contribution in [2.75, 3.05) is 0 Å². The summed E-state index contributed by atoms with van der Waals surface area (Å²) in [5, 5.41) is 8.97. The van der Waals surface area contributed by atoms with Crippen LogP contribution < -0.4 is 5.73 Å². The highest BCUT2D eigenvalue weighted by Crippen LogP contribution is 2.38. The van der Waals surface area contributed by atoms with E-state index in [-0.39, 0.29) is 12.0 Å². The van der Waals surface area contributed by atoms with E-state index in [2.05, 4.69) is 0 Å². The molecular weight excluding hydrogens is 240 g/mol. The first-order valence-corrected chi connectivity index (χ1v) is 5.54. The van der Waals surface area contributed by atoms with Gasteiger partial charge in [0.2, 0.25) is 0 Å². The van der Waals surface area contributed by atoms with Crippen LogP contribution in [-0.2, 0) is 10.2 Å². The van der Waals surface area contributed by atoms with Crippen molar-refractivity contribution in [1.29, 1.82) is 0 Å². The first-order valence-electron chi connectivity index (χ1n) is 5.54. The monoisotopic (exact) mass is 257 g/mol. The maximum atomic E-state index is 13.8. The van der Waals surface area contributed by atoms with Gasteiger partial charge in [-0.15, -0.1) is 0 Å². The Morgan fingerprint density at radius 2 is 1.89 bits per heavy atom. The standard InChI is InChI=1S/C13H17F2NO2/c1-12(2,16)13(3,7-11(17)18)9-5-4-8(14)6-10(9)15/h4-6H,7,16H2,1-3H3,(H,17,18). The lowest BCUT2D eigenvalue weighted by Crippen LogP contribution is -2.53. The van der Waals surface area contributed by atoms with Crippen LogP contribution in [0.1, 0.15) is 32.8 Å². The fourth-order valence-electron chi connectivity index (χ4n) is 1.91. The van der Waals surface area contributed by atoms with Crippen molar-refractivity contribution in [3.05, 3.63) is 35.4 Å². The van der Waals surface area contributed by atoms with Gasteiger partial charge in [0.25, 0.3) is 0 Å². The normalized spacial score (nSPS) is 15.2. The molecule has 0 radical (unpaired) electrons. The molecule has 3 N–H and O–H groups in total. The van der Waals surface area contributed by atoms with Crippen molar-refractivity contribution in [1.82, 2.24) is 0 Å². The molecule has 0 saturated carbocycles. The molecule has 0 fully saturated rings. The Bertz CT molecular complexity index is 469. The SMILES string of the molecule is CC(C)(N)C(C)(CC(=O)O)c1ccc(F)cc1F. The average molecular weight is 257 g/mol. The fraction of sp³-hybridized carbons (Fsp3) is 0.462. The maximum Gasteiger partial charge on any atom is 0.304 e. The number of hydrogen-bond donors (Lipinski definition) is 2. The molecule has 1 rings (SSSR count). The zero-order valence-corrected chi connectivity index (χ0v) is 10.6. The van der Waals surface area contributed by atoms with Gasteiger partial charge in [0, 0.05) is 17.0 Å². The molecule has 0 aliphatic carbocycles. The summed E-state index contributed by atoms with van der Waals surface area (Å²) >= 11 is 0. The van der Waals surface area contributed by atoms with Crippen LogP contribution in [0, 0.1) is 11.6 Å². The lowest BCUT2D eigenvalue weighted by Gasteiger charge is -2.41. The van der Waals surface area contributed by atoms with Crippen molar-refractivity contribution in [3.8, 4) is 0 Å². The summed E-state index contributed by atoms with van der Waals surface area (Å²) in [6, 6.07) is 3.09. The number of carbonyl (C=O) groups is 1. The van der Waals surface area contributed by atoms with Gasteiger partial charge in [-0.05, 0) is 25.5 Å². The Kier molecular flexibility index (Phi) is 3.76. The first-order chi connectivity index (χ1) is 8.08. The minimum Gasteiger partial charge on any atom is -0.481 e. The molecule has 1 aromatic carbocycles. The van der Waals surface area contributed by atoms with Gasteiger partial charge in [0.15, 0.2) is 0 Å². The molecule has 0 spiro atoms. The number of carboxylic acids is 1. The quantitative estimate of drug-likeness (QED) is 0.870. The van der Waals surface area contributed by atoms with Gasteiger partial charge in [0.1, 0.15) is 11.6 Å². The van der Waals surface area contributed by atoms with Crippen molar-refractivity contribution >= 4 is 5.97 Å². The predicted octanol–water partition coefficient (Wildman–Crippen LogP) is 2.43. The van der Waals surface area contributed by atoms with E-state index >= 15 is 0 Å². The molecule has 1 unspecified atom stereocenters. The molecule has 0 aromatic heterocycles. The summed E-state index contributed by atoms with van der Waals surface area (Å²) < 4.78 is 26.7. The summed E-state index contributed by atoms with van der Waals surface area (Å²) in [7, 11) is 0. The van der Waals surface area contributed by atoms with E-state index in [1.54, 1.807) is 20.8 Å². The Morgan fingerprint density at radius 3 is 2.28 bits per heavy atom. The van der Waals surface area contributed by atoms with Crippen LogP contribution in [-0.4, -0.2) is 16.6 Å². The summed E-state index contributed by atoms with van der Waals surface area (Å²) in [5.74, 6) is -2.57.